The third-order valence-corrected chi connectivity index (χ3v) is 5.56. The summed E-state index contributed by atoms with van der Waals surface area (Å²) in [7, 11) is 0. The van der Waals surface area contributed by atoms with Gasteiger partial charge in [-0.2, -0.15) is 0 Å². The minimum Gasteiger partial charge on any atom is -0.461 e. The van der Waals surface area contributed by atoms with Crippen molar-refractivity contribution in [3.63, 3.8) is 0 Å². The largest absolute Gasteiger partial charge is 0.461 e. The molecule has 1 unspecified atom stereocenters. The Balaban J connectivity index is 1.85. The van der Waals surface area contributed by atoms with Gasteiger partial charge in [-0.05, 0) is 50.1 Å². The van der Waals surface area contributed by atoms with Gasteiger partial charge >= 0.3 is 0 Å². The quantitative estimate of drug-likeness (QED) is 0.461. The van der Waals surface area contributed by atoms with Crippen molar-refractivity contribution in [2.24, 2.45) is 5.73 Å². The van der Waals surface area contributed by atoms with Gasteiger partial charge in [-0.15, -0.1) is 10.2 Å². The highest BCUT2D eigenvalue weighted by Crippen LogP contribution is 2.29. The lowest BCUT2D eigenvalue weighted by Gasteiger charge is -2.13. The number of nitrogens with zero attached hydrogens (tertiary/aromatic N) is 3. The second-order valence-corrected chi connectivity index (χ2v) is 7.88. The Morgan fingerprint density at radius 1 is 1.21 bits per heavy atom. The van der Waals surface area contributed by atoms with Crippen molar-refractivity contribution < 1.29 is 14.0 Å². The predicted molar refractivity (Wildman–Crippen MR) is 107 cm³/mol. The molecule has 3 rings (SSSR count). The lowest BCUT2D eigenvalue weighted by Crippen LogP contribution is -2.17. The van der Waals surface area contributed by atoms with Crippen molar-refractivity contribution >= 4 is 23.5 Å². The van der Waals surface area contributed by atoms with E-state index in [1.807, 2.05) is 39.0 Å². The molecule has 0 spiro atoms. The Labute approximate surface area is 167 Å². The van der Waals surface area contributed by atoms with Crippen LogP contribution in [0.4, 0.5) is 0 Å². The maximum atomic E-state index is 12.9. The second-order valence-electron chi connectivity index (χ2n) is 6.57. The molecule has 0 saturated carbocycles. The third kappa shape index (κ3) is 4.33. The zero-order valence-corrected chi connectivity index (χ0v) is 16.8. The van der Waals surface area contributed by atoms with E-state index in [-0.39, 0.29) is 17.5 Å². The number of amides is 1. The molecule has 0 saturated heterocycles. The maximum Gasteiger partial charge on any atom is 0.219 e. The Morgan fingerprint density at radius 2 is 2.00 bits per heavy atom. The number of carbonyl (C=O) groups is 2. The zero-order chi connectivity index (χ0) is 20.3. The number of ketones is 1. The van der Waals surface area contributed by atoms with Crippen LogP contribution in [0.1, 0.15) is 34.8 Å². The summed E-state index contributed by atoms with van der Waals surface area (Å²) >= 11 is 1.30. The fraction of sp³-hybridized carbons (Fsp3) is 0.300. The number of hydrogen-bond acceptors (Lipinski definition) is 6. The van der Waals surface area contributed by atoms with Crippen LogP contribution in [-0.2, 0) is 11.3 Å². The molecule has 1 atom stereocenters. The van der Waals surface area contributed by atoms with E-state index >= 15 is 0 Å². The third-order valence-electron chi connectivity index (χ3n) is 4.48. The molecule has 7 nitrogen and oxygen atoms in total. The van der Waals surface area contributed by atoms with Crippen LogP contribution < -0.4 is 5.73 Å². The van der Waals surface area contributed by atoms with Crippen molar-refractivity contribution in [1.29, 1.82) is 0 Å². The summed E-state index contributed by atoms with van der Waals surface area (Å²) in [5.74, 6) is 0.628. The summed E-state index contributed by atoms with van der Waals surface area (Å²) in [6.45, 7) is 6.15. The summed E-state index contributed by atoms with van der Waals surface area (Å²) < 4.78 is 7.17. The molecule has 28 heavy (non-hydrogen) atoms. The topological polar surface area (TPSA) is 104 Å². The smallest absolute Gasteiger partial charge is 0.219 e. The number of primary amides is 1. The molecular formula is C20H22N4O3S. The molecular weight excluding hydrogens is 376 g/mol. The van der Waals surface area contributed by atoms with Crippen LogP contribution in [0, 0.1) is 13.8 Å². The second kappa shape index (κ2) is 8.43. The van der Waals surface area contributed by atoms with E-state index in [0.29, 0.717) is 28.8 Å². The lowest BCUT2D eigenvalue weighted by atomic mass is 10.0. The Bertz CT molecular complexity index is 995. The van der Waals surface area contributed by atoms with Crippen LogP contribution in [0.15, 0.2) is 46.2 Å². The van der Waals surface area contributed by atoms with Gasteiger partial charge in [0, 0.05) is 18.5 Å². The van der Waals surface area contributed by atoms with Gasteiger partial charge < -0.3 is 10.2 Å². The van der Waals surface area contributed by atoms with Crippen LogP contribution in [0.5, 0.6) is 0 Å². The fourth-order valence-electron chi connectivity index (χ4n) is 2.73. The van der Waals surface area contributed by atoms with E-state index < -0.39 is 5.91 Å². The molecule has 0 fully saturated rings. The number of benzene rings is 1. The van der Waals surface area contributed by atoms with Crippen molar-refractivity contribution in [3.05, 3.63) is 53.3 Å². The monoisotopic (exact) mass is 398 g/mol. The maximum absolute atomic E-state index is 12.9. The molecule has 0 aliphatic rings. The van der Waals surface area contributed by atoms with Crippen LogP contribution in [0.3, 0.4) is 0 Å². The lowest BCUT2D eigenvalue weighted by molar-refractivity contribution is -0.118. The van der Waals surface area contributed by atoms with Crippen LogP contribution in [0.2, 0.25) is 0 Å². The molecule has 1 aromatic carbocycles. The van der Waals surface area contributed by atoms with E-state index in [9.17, 15) is 9.59 Å². The first-order valence-electron chi connectivity index (χ1n) is 8.90. The standard InChI is InChI=1S/C20H22N4O3S/c1-12-6-7-15(11-13(12)2)18(26)14(3)28-20-23-22-19(16-5-4-10-27-16)24(20)9-8-17(21)25/h4-7,10-11,14H,8-9H2,1-3H3,(H2,21,25). The Hall–Kier alpha value is -2.87. The molecule has 2 heterocycles. The highest BCUT2D eigenvalue weighted by Gasteiger charge is 2.23. The number of rotatable bonds is 8. The van der Waals surface area contributed by atoms with Gasteiger partial charge in [0.15, 0.2) is 22.5 Å². The van der Waals surface area contributed by atoms with Gasteiger partial charge in [-0.25, -0.2) is 0 Å². The van der Waals surface area contributed by atoms with Crippen molar-refractivity contribution in [2.45, 2.75) is 44.1 Å². The summed E-state index contributed by atoms with van der Waals surface area (Å²) in [5, 5.41) is 8.56. The van der Waals surface area contributed by atoms with E-state index in [1.54, 1.807) is 23.0 Å². The van der Waals surface area contributed by atoms with Crippen LogP contribution in [0.25, 0.3) is 11.6 Å². The predicted octanol–water partition coefficient (Wildman–Crippen LogP) is 3.39. The fourth-order valence-corrected chi connectivity index (χ4v) is 3.68. The number of furan rings is 1. The van der Waals surface area contributed by atoms with Gasteiger partial charge in [0.25, 0.3) is 0 Å². The number of aromatic nitrogens is 3. The molecule has 0 bridgehead atoms. The summed E-state index contributed by atoms with van der Waals surface area (Å²) in [4.78, 5) is 24.1. The van der Waals surface area contributed by atoms with Gasteiger partial charge in [0.2, 0.25) is 5.91 Å². The molecule has 8 heteroatoms. The van der Waals surface area contributed by atoms with E-state index in [2.05, 4.69) is 10.2 Å². The van der Waals surface area contributed by atoms with Crippen LogP contribution >= 0.6 is 11.8 Å². The first-order chi connectivity index (χ1) is 13.4. The molecule has 1 amide bonds. The van der Waals surface area contributed by atoms with Crippen LogP contribution in [-0.4, -0.2) is 31.7 Å². The number of hydrogen-bond donors (Lipinski definition) is 1. The molecule has 2 N–H and O–H groups in total. The number of aryl methyl sites for hydroxylation is 2. The number of thioether (sulfide) groups is 1. The Morgan fingerprint density at radius 3 is 2.64 bits per heavy atom. The molecule has 0 aliphatic carbocycles. The molecule has 146 valence electrons. The first kappa shape index (κ1) is 19.9. The van der Waals surface area contributed by atoms with Crippen molar-refractivity contribution in [1.82, 2.24) is 14.8 Å². The highest BCUT2D eigenvalue weighted by molar-refractivity contribution is 8.00. The summed E-state index contributed by atoms with van der Waals surface area (Å²) in [6, 6.07) is 9.21. The normalized spacial score (nSPS) is 12.1. The van der Waals surface area contributed by atoms with Gasteiger partial charge in [0.05, 0.1) is 11.5 Å². The number of nitrogens with two attached hydrogens (primary N) is 1. The first-order valence-corrected chi connectivity index (χ1v) is 9.78. The van der Waals surface area contributed by atoms with Gasteiger partial charge in [-0.3, -0.25) is 14.2 Å². The van der Waals surface area contributed by atoms with E-state index in [4.69, 9.17) is 10.2 Å². The van der Waals surface area contributed by atoms with Gasteiger partial charge in [0.1, 0.15) is 0 Å². The summed E-state index contributed by atoms with van der Waals surface area (Å²) in [5.41, 5.74) is 8.19. The zero-order valence-electron chi connectivity index (χ0n) is 16.0. The minimum atomic E-state index is -0.422. The average Bonchev–Trinajstić information content (AvgIpc) is 3.31. The van der Waals surface area contributed by atoms with E-state index in [0.717, 1.165) is 11.1 Å². The minimum absolute atomic E-state index is 0.0112. The number of carbonyl (C=O) groups excluding carboxylic acids is 2. The average molecular weight is 398 g/mol. The van der Waals surface area contributed by atoms with Crippen molar-refractivity contribution in [2.75, 3.05) is 0 Å². The van der Waals surface area contributed by atoms with Gasteiger partial charge in [-0.1, -0.05) is 23.9 Å². The molecule has 2 aromatic heterocycles. The Kier molecular flexibility index (Phi) is 5.99. The van der Waals surface area contributed by atoms with E-state index in [1.165, 1.54) is 11.8 Å². The molecule has 3 aromatic rings. The summed E-state index contributed by atoms with van der Waals surface area (Å²) in [6.07, 6.45) is 1.68. The molecule has 0 aliphatic heterocycles. The number of Topliss-reactive ketones (excluding diaryl/α,β-unsaturated/α-hetero) is 1. The highest BCUT2D eigenvalue weighted by atomic mass is 32.2. The van der Waals surface area contributed by atoms with Crippen molar-refractivity contribution in [3.8, 4) is 11.6 Å². The SMILES string of the molecule is Cc1ccc(C(=O)C(C)Sc2nnc(-c3ccco3)n2CCC(N)=O)cc1C. The molecule has 0 radical (unpaired) electrons.